The fourth-order valence-electron chi connectivity index (χ4n) is 6.40. The first-order valence-corrected chi connectivity index (χ1v) is 17.0. The van der Waals surface area contributed by atoms with E-state index in [0.717, 1.165) is 25.7 Å². The van der Waals surface area contributed by atoms with Gasteiger partial charge < -0.3 is 30.1 Å². The highest BCUT2D eigenvalue weighted by Gasteiger charge is 2.38. The van der Waals surface area contributed by atoms with Crippen molar-refractivity contribution in [3.05, 3.63) is 35.4 Å². The molecule has 0 spiro atoms. The van der Waals surface area contributed by atoms with Crippen LogP contribution in [0, 0.1) is 0 Å². The van der Waals surface area contributed by atoms with E-state index < -0.39 is 28.8 Å². The molecule has 5 atom stereocenters. The minimum absolute atomic E-state index is 0.118. The summed E-state index contributed by atoms with van der Waals surface area (Å²) in [5.74, 6) is 0.425. The molecule has 4 amide bonds. The van der Waals surface area contributed by atoms with Crippen molar-refractivity contribution in [1.82, 2.24) is 40.4 Å². The molecule has 15 heteroatoms. The van der Waals surface area contributed by atoms with Gasteiger partial charge in [0.15, 0.2) is 0 Å². The Labute approximate surface area is 280 Å². The van der Waals surface area contributed by atoms with E-state index in [2.05, 4.69) is 30.6 Å². The van der Waals surface area contributed by atoms with Crippen molar-refractivity contribution in [3.8, 4) is 0 Å². The Morgan fingerprint density at radius 3 is 1.83 bits per heavy atom. The SMILES string of the molecule is CC(C)(C)OC(=O)N1CCCC1c1ncc(C(=O)NC2CCC(NC(=O)c3cnc(C4CCCN(C(=O)OC(C)(C)C)C4S)[nH]3)C2)[nH]1. The molecule has 0 bridgehead atoms. The number of H-pyrrole nitrogens is 2. The van der Waals surface area contributed by atoms with E-state index in [9.17, 15) is 19.2 Å². The summed E-state index contributed by atoms with van der Waals surface area (Å²) in [6.45, 7) is 12.1. The van der Waals surface area contributed by atoms with E-state index in [1.165, 1.54) is 12.4 Å². The highest BCUT2D eigenvalue weighted by Crippen LogP contribution is 2.35. The molecule has 4 N–H and O–H groups in total. The standard InChI is InChI=1S/C32H48N8O6S/c1-31(2,3)45-29(43)39-13-8-10-23(39)25-34-17-22(38-25)27(42)36-19-12-11-18(15-19)35-26(41)21-16-33-24(37-21)20-9-7-14-40(28(20)47)30(44)46-32(4,5)6/h16-20,23,28,47H,7-15H2,1-6H3,(H,33,37)(H,34,38)(H,35,41)(H,36,42). The number of carbonyl (C=O) groups excluding carboxylic acids is 4. The normalized spacial score (nSPS) is 25.0. The summed E-state index contributed by atoms with van der Waals surface area (Å²) in [7, 11) is 0. The van der Waals surface area contributed by atoms with E-state index >= 15 is 0 Å². The maximum Gasteiger partial charge on any atom is 0.411 e. The number of nitrogens with zero attached hydrogens (tertiary/aromatic N) is 4. The molecule has 14 nitrogen and oxygen atoms in total. The van der Waals surface area contributed by atoms with Crippen LogP contribution in [0.1, 0.15) is 131 Å². The van der Waals surface area contributed by atoms with Gasteiger partial charge in [0.2, 0.25) is 0 Å². The summed E-state index contributed by atoms with van der Waals surface area (Å²) in [5, 5.41) is 5.67. The lowest BCUT2D eigenvalue weighted by Crippen LogP contribution is -2.47. The van der Waals surface area contributed by atoms with Crippen LogP contribution in [0.3, 0.4) is 0 Å². The summed E-state index contributed by atoms with van der Waals surface area (Å²) >= 11 is 4.72. The van der Waals surface area contributed by atoms with Crippen molar-refractivity contribution in [2.45, 2.75) is 127 Å². The number of imidazole rings is 2. The van der Waals surface area contributed by atoms with E-state index in [-0.39, 0.29) is 35.9 Å². The Balaban J connectivity index is 1.11. The lowest BCUT2D eigenvalue weighted by atomic mass is 9.97. The zero-order chi connectivity index (χ0) is 34.1. The van der Waals surface area contributed by atoms with Crippen LogP contribution >= 0.6 is 12.6 Å². The number of amides is 4. The molecule has 1 aliphatic carbocycles. The van der Waals surface area contributed by atoms with Gasteiger partial charge in [-0.3, -0.25) is 19.4 Å². The highest BCUT2D eigenvalue weighted by molar-refractivity contribution is 7.81. The Morgan fingerprint density at radius 1 is 0.766 bits per heavy atom. The first-order chi connectivity index (χ1) is 22.1. The Bertz CT molecular complexity index is 1460. The fourth-order valence-corrected chi connectivity index (χ4v) is 6.90. The van der Waals surface area contributed by atoms with Crippen LogP contribution < -0.4 is 10.6 Å². The van der Waals surface area contributed by atoms with Crippen LogP contribution in [-0.4, -0.2) is 95.5 Å². The van der Waals surface area contributed by atoms with Gasteiger partial charge in [0, 0.05) is 31.1 Å². The molecule has 0 aromatic carbocycles. The van der Waals surface area contributed by atoms with E-state index in [1.807, 2.05) is 41.5 Å². The highest BCUT2D eigenvalue weighted by atomic mass is 32.1. The smallest absolute Gasteiger partial charge is 0.411 e. The number of thiol groups is 1. The predicted molar refractivity (Wildman–Crippen MR) is 176 cm³/mol. The molecule has 1 saturated carbocycles. The molecule has 2 saturated heterocycles. The van der Waals surface area contributed by atoms with E-state index in [1.54, 1.807) is 9.80 Å². The third-order valence-electron chi connectivity index (χ3n) is 8.55. The van der Waals surface area contributed by atoms with Gasteiger partial charge >= 0.3 is 12.2 Å². The number of hydrogen-bond acceptors (Lipinski definition) is 9. The number of carbonyl (C=O) groups is 4. The molecule has 5 rings (SSSR count). The Morgan fingerprint density at radius 2 is 1.26 bits per heavy atom. The number of nitrogens with one attached hydrogen (secondary N) is 4. The second kappa shape index (κ2) is 13.8. The third kappa shape index (κ3) is 8.59. The van der Waals surface area contributed by atoms with Gasteiger partial charge in [-0.1, -0.05) is 0 Å². The van der Waals surface area contributed by atoms with Gasteiger partial charge in [-0.2, -0.15) is 12.6 Å². The summed E-state index contributed by atoms with van der Waals surface area (Å²) in [6, 6.07) is -0.513. The lowest BCUT2D eigenvalue weighted by molar-refractivity contribution is 0.0162. The Kier molecular flexibility index (Phi) is 10.1. The maximum atomic E-state index is 13.1. The number of piperidine rings is 1. The third-order valence-corrected chi connectivity index (χ3v) is 9.19. The van der Waals surface area contributed by atoms with Gasteiger partial charge in [-0.25, -0.2) is 19.6 Å². The molecule has 0 radical (unpaired) electrons. The molecular weight excluding hydrogens is 624 g/mol. The van der Waals surface area contributed by atoms with Crippen molar-refractivity contribution < 1.29 is 28.7 Å². The number of aromatic amines is 2. The molecule has 2 aromatic heterocycles. The van der Waals surface area contributed by atoms with Crippen molar-refractivity contribution in [2.75, 3.05) is 13.1 Å². The van der Waals surface area contributed by atoms with Crippen LogP contribution in [0.5, 0.6) is 0 Å². The summed E-state index contributed by atoms with van der Waals surface area (Å²) in [6.07, 6.45) is 7.30. The number of aromatic nitrogens is 4. The Hall–Kier alpha value is -3.75. The fraction of sp³-hybridized carbons (Fsp3) is 0.688. The summed E-state index contributed by atoms with van der Waals surface area (Å²) in [4.78, 5) is 70.0. The van der Waals surface area contributed by atoms with Crippen molar-refractivity contribution in [2.24, 2.45) is 0 Å². The van der Waals surface area contributed by atoms with Gasteiger partial charge in [-0.05, 0) is 86.5 Å². The predicted octanol–water partition coefficient (Wildman–Crippen LogP) is 4.66. The zero-order valence-corrected chi connectivity index (χ0v) is 29.0. The number of ether oxygens (including phenoxy) is 2. The largest absolute Gasteiger partial charge is 0.444 e. The quantitative estimate of drug-likeness (QED) is 0.276. The monoisotopic (exact) mass is 672 g/mol. The van der Waals surface area contributed by atoms with E-state index in [4.69, 9.17) is 22.1 Å². The average Bonchev–Trinajstić information content (AvgIpc) is 3.78. The average molecular weight is 673 g/mol. The van der Waals surface area contributed by atoms with Gasteiger partial charge in [0.1, 0.15) is 34.2 Å². The molecule has 4 heterocycles. The van der Waals surface area contributed by atoms with Gasteiger partial charge in [0.05, 0.1) is 23.8 Å². The number of hydrogen-bond donors (Lipinski definition) is 5. The van der Waals surface area contributed by atoms with Crippen molar-refractivity contribution in [3.63, 3.8) is 0 Å². The van der Waals surface area contributed by atoms with Crippen LogP contribution in [-0.2, 0) is 9.47 Å². The first kappa shape index (κ1) is 34.6. The zero-order valence-electron chi connectivity index (χ0n) is 28.1. The second-order valence-electron chi connectivity index (χ2n) is 14.7. The molecule has 2 aromatic rings. The maximum absolute atomic E-state index is 13.1. The van der Waals surface area contributed by atoms with Gasteiger partial charge in [0.25, 0.3) is 11.8 Å². The van der Waals surface area contributed by atoms with Crippen LogP contribution in [0.15, 0.2) is 12.4 Å². The number of likely N-dealkylation sites (tertiary alicyclic amines) is 2. The van der Waals surface area contributed by atoms with Crippen LogP contribution in [0.2, 0.25) is 0 Å². The lowest BCUT2D eigenvalue weighted by Gasteiger charge is -2.38. The summed E-state index contributed by atoms with van der Waals surface area (Å²) in [5.41, 5.74) is -0.556. The topological polar surface area (TPSA) is 175 Å². The van der Waals surface area contributed by atoms with Crippen molar-refractivity contribution >= 4 is 36.6 Å². The van der Waals surface area contributed by atoms with Crippen LogP contribution in [0.4, 0.5) is 9.59 Å². The molecule has 2 aliphatic heterocycles. The molecule has 47 heavy (non-hydrogen) atoms. The van der Waals surface area contributed by atoms with Gasteiger partial charge in [-0.15, -0.1) is 0 Å². The molecular formula is C32H48N8O6S. The van der Waals surface area contributed by atoms with E-state index in [0.29, 0.717) is 55.4 Å². The molecule has 5 unspecified atom stereocenters. The minimum Gasteiger partial charge on any atom is -0.444 e. The van der Waals surface area contributed by atoms with Crippen LogP contribution in [0.25, 0.3) is 0 Å². The second-order valence-corrected chi connectivity index (χ2v) is 15.2. The molecule has 258 valence electrons. The molecule has 3 fully saturated rings. The summed E-state index contributed by atoms with van der Waals surface area (Å²) < 4.78 is 11.1. The first-order valence-electron chi connectivity index (χ1n) is 16.5. The minimum atomic E-state index is -0.611. The van der Waals surface area contributed by atoms with Crippen molar-refractivity contribution in [1.29, 1.82) is 0 Å². The number of rotatable bonds is 6. The molecule has 3 aliphatic rings.